The molecule has 3 N–H and O–H groups in total. The molecule has 0 radical (unpaired) electrons. The lowest BCUT2D eigenvalue weighted by Gasteiger charge is -2.13. The maximum Gasteiger partial charge on any atom is 0.240 e. The first-order valence-corrected chi connectivity index (χ1v) is 9.51. The van der Waals surface area contributed by atoms with Gasteiger partial charge in [0.05, 0.1) is 4.90 Å². The van der Waals surface area contributed by atoms with E-state index < -0.39 is 10.0 Å². The number of rotatable bonds is 6. The molecule has 4 nitrogen and oxygen atoms in total. The summed E-state index contributed by atoms with van der Waals surface area (Å²) >= 11 is 1.92. The third-order valence-electron chi connectivity index (χ3n) is 3.58. The van der Waals surface area contributed by atoms with Crippen molar-refractivity contribution in [1.82, 2.24) is 4.72 Å². The first-order chi connectivity index (χ1) is 9.55. The van der Waals surface area contributed by atoms with Crippen LogP contribution >= 0.6 is 11.8 Å². The van der Waals surface area contributed by atoms with Crippen molar-refractivity contribution < 1.29 is 8.42 Å². The van der Waals surface area contributed by atoms with Crippen LogP contribution in [-0.2, 0) is 16.6 Å². The van der Waals surface area contributed by atoms with Crippen LogP contribution < -0.4 is 10.5 Å². The minimum Gasteiger partial charge on any atom is -0.326 e. The van der Waals surface area contributed by atoms with E-state index in [1.165, 1.54) is 0 Å². The SMILES string of the molecule is CCSC1CCC(NS(=O)(=O)c2ccc(CN)cc2)C1. The van der Waals surface area contributed by atoms with Crippen LogP contribution in [-0.4, -0.2) is 25.5 Å². The summed E-state index contributed by atoms with van der Waals surface area (Å²) in [7, 11) is -3.41. The first-order valence-electron chi connectivity index (χ1n) is 6.98. The van der Waals surface area contributed by atoms with E-state index in [9.17, 15) is 8.42 Å². The van der Waals surface area contributed by atoms with Crippen LogP contribution in [0.5, 0.6) is 0 Å². The average molecular weight is 314 g/mol. The second kappa shape index (κ2) is 6.93. The van der Waals surface area contributed by atoms with Gasteiger partial charge in [-0.1, -0.05) is 19.1 Å². The molecule has 1 aromatic carbocycles. The van der Waals surface area contributed by atoms with Gasteiger partial charge in [0.15, 0.2) is 0 Å². The molecule has 1 aliphatic carbocycles. The molecule has 2 atom stereocenters. The molecule has 0 aromatic heterocycles. The van der Waals surface area contributed by atoms with Gasteiger partial charge in [-0.3, -0.25) is 0 Å². The average Bonchev–Trinajstić information content (AvgIpc) is 2.86. The van der Waals surface area contributed by atoms with E-state index in [2.05, 4.69) is 11.6 Å². The van der Waals surface area contributed by atoms with Gasteiger partial charge in [-0.2, -0.15) is 11.8 Å². The van der Waals surface area contributed by atoms with Gasteiger partial charge < -0.3 is 5.73 Å². The summed E-state index contributed by atoms with van der Waals surface area (Å²) in [4.78, 5) is 0.321. The van der Waals surface area contributed by atoms with Crippen LogP contribution in [0.25, 0.3) is 0 Å². The molecule has 112 valence electrons. The molecular weight excluding hydrogens is 292 g/mol. The van der Waals surface area contributed by atoms with Gasteiger partial charge in [-0.15, -0.1) is 0 Å². The third-order valence-corrected chi connectivity index (χ3v) is 6.35. The van der Waals surface area contributed by atoms with Crippen molar-refractivity contribution >= 4 is 21.8 Å². The molecule has 0 amide bonds. The molecule has 0 heterocycles. The molecule has 1 aromatic rings. The first kappa shape index (κ1) is 15.8. The highest BCUT2D eigenvalue weighted by molar-refractivity contribution is 7.99. The fourth-order valence-corrected chi connectivity index (χ4v) is 4.95. The van der Waals surface area contributed by atoms with Crippen molar-refractivity contribution in [1.29, 1.82) is 0 Å². The van der Waals surface area contributed by atoms with Crippen molar-refractivity contribution in [2.24, 2.45) is 5.73 Å². The Morgan fingerprint density at radius 3 is 2.60 bits per heavy atom. The summed E-state index contributed by atoms with van der Waals surface area (Å²) in [6.07, 6.45) is 2.95. The lowest BCUT2D eigenvalue weighted by atomic mass is 10.2. The van der Waals surface area contributed by atoms with Gasteiger partial charge in [-0.05, 0) is 42.7 Å². The second-order valence-electron chi connectivity index (χ2n) is 5.06. The number of nitrogens with two attached hydrogens (primary N) is 1. The monoisotopic (exact) mass is 314 g/mol. The number of nitrogens with one attached hydrogen (secondary N) is 1. The lowest BCUT2D eigenvalue weighted by molar-refractivity contribution is 0.552. The predicted octanol–water partition coefficient (Wildman–Crippen LogP) is 2.10. The Kier molecular flexibility index (Phi) is 5.49. The number of benzene rings is 1. The zero-order valence-corrected chi connectivity index (χ0v) is 13.3. The third kappa shape index (κ3) is 3.97. The van der Waals surface area contributed by atoms with Crippen molar-refractivity contribution in [3.8, 4) is 0 Å². The molecule has 0 aliphatic heterocycles. The normalized spacial score (nSPS) is 23.1. The van der Waals surface area contributed by atoms with E-state index in [0.717, 1.165) is 30.6 Å². The Hall–Kier alpha value is -0.560. The predicted molar refractivity (Wildman–Crippen MR) is 84.2 cm³/mol. The molecule has 6 heteroatoms. The Morgan fingerprint density at radius 2 is 2.00 bits per heavy atom. The van der Waals surface area contributed by atoms with Gasteiger partial charge in [0.1, 0.15) is 0 Å². The maximum atomic E-state index is 12.3. The molecule has 2 unspecified atom stereocenters. The lowest BCUT2D eigenvalue weighted by Crippen LogP contribution is -2.33. The quantitative estimate of drug-likeness (QED) is 0.843. The highest BCUT2D eigenvalue weighted by Crippen LogP contribution is 2.30. The van der Waals surface area contributed by atoms with Crippen molar-refractivity contribution in [3.63, 3.8) is 0 Å². The number of hydrogen-bond donors (Lipinski definition) is 2. The molecule has 1 aliphatic rings. The van der Waals surface area contributed by atoms with Crippen molar-refractivity contribution in [2.75, 3.05) is 5.75 Å². The molecule has 0 spiro atoms. The topological polar surface area (TPSA) is 72.2 Å². The Morgan fingerprint density at radius 1 is 1.30 bits per heavy atom. The van der Waals surface area contributed by atoms with E-state index in [0.29, 0.717) is 16.7 Å². The van der Waals surface area contributed by atoms with Gasteiger partial charge >= 0.3 is 0 Å². The summed E-state index contributed by atoms with van der Waals surface area (Å²) in [5.74, 6) is 1.09. The number of thioether (sulfide) groups is 1. The Labute approximate surface area is 125 Å². The van der Waals surface area contributed by atoms with Crippen LogP contribution in [0.1, 0.15) is 31.7 Å². The maximum absolute atomic E-state index is 12.3. The zero-order valence-electron chi connectivity index (χ0n) is 11.7. The van der Waals surface area contributed by atoms with Crippen LogP contribution in [0.4, 0.5) is 0 Å². The van der Waals surface area contributed by atoms with E-state index in [1.54, 1.807) is 24.3 Å². The number of sulfonamides is 1. The molecule has 1 saturated carbocycles. The van der Waals surface area contributed by atoms with Crippen LogP contribution in [0.2, 0.25) is 0 Å². The van der Waals surface area contributed by atoms with Crippen LogP contribution in [0, 0.1) is 0 Å². The molecular formula is C14H22N2O2S2. The minimum absolute atomic E-state index is 0.0678. The van der Waals surface area contributed by atoms with Crippen molar-refractivity contribution in [2.45, 2.75) is 48.9 Å². The molecule has 0 saturated heterocycles. The van der Waals surface area contributed by atoms with E-state index in [1.807, 2.05) is 11.8 Å². The highest BCUT2D eigenvalue weighted by atomic mass is 32.2. The minimum atomic E-state index is -3.41. The summed E-state index contributed by atoms with van der Waals surface area (Å²) in [5.41, 5.74) is 6.45. The van der Waals surface area contributed by atoms with Crippen LogP contribution in [0.15, 0.2) is 29.2 Å². The summed E-state index contributed by atoms with van der Waals surface area (Å²) in [5, 5.41) is 0.590. The Bertz CT molecular complexity index is 529. The largest absolute Gasteiger partial charge is 0.326 e. The van der Waals surface area contributed by atoms with Crippen molar-refractivity contribution in [3.05, 3.63) is 29.8 Å². The van der Waals surface area contributed by atoms with E-state index in [-0.39, 0.29) is 6.04 Å². The summed E-state index contributed by atoms with van der Waals surface area (Å²) in [6, 6.07) is 6.84. The summed E-state index contributed by atoms with van der Waals surface area (Å²) < 4.78 is 27.4. The van der Waals surface area contributed by atoms with Gasteiger partial charge in [-0.25, -0.2) is 13.1 Å². The zero-order chi connectivity index (χ0) is 14.6. The van der Waals surface area contributed by atoms with Crippen LogP contribution in [0.3, 0.4) is 0 Å². The second-order valence-corrected chi connectivity index (χ2v) is 8.35. The molecule has 2 rings (SSSR count). The smallest absolute Gasteiger partial charge is 0.240 e. The highest BCUT2D eigenvalue weighted by Gasteiger charge is 2.28. The molecule has 0 bridgehead atoms. The van der Waals surface area contributed by atoms with E-state index >= 15 is 0 Å². The Balaban J connectivity index is 2.00. The fourth-order valence-electron chi connectivity index (χ4n) is 2.53. The molecule has 20 heavy (non-hydrogen) atoms. The standard InChI is InChI=1S/C14H22N2O2S2/c1-2-19-13-6-5-12(9-13)16-20(17,18)14-7-3-11(10-15)4-8-14/h3-4,7-8,12-13,16H,2,5-6,9-10,15H2,1H3. The van der Waals surface area contributed by atoms with Gasteiger partial charge in [0, 0.05) is 17.8 Å². The van der Waals surface area contributed by atoms with Gasteiger partial charge in [0.25, 0.3) is 0 Å². The van der Waals surface area contributed by atoms with E-state index in [4.69, 9.17) is 5.73 Å². The molecule has 1 fully saturated rings. The number of hydrogen-bond acceptors (Lipinski definition) is 4. The summed E-state index contributed by atoms with van der Waals surface area (Å²) in [6.45, 7) is 2.56. The fraction of sp³-hybridized carbons (Fsp3) is 0.571. The van der Waals surface area contributed by atoms with Gasteiger partial charge in [0.2, 0.25) is 10.0 Å².